The predicted molar refractivity (Wildman–Crippen MR) is 72.1 cm³/mol. The van der Waals surface area contributed by atoms with Gasteiger partial charge in [-0.05, 0) is 36.1 Å². The van der Waals surface area contributed by atoms with Crippen LogP contribution in [0.2, 0.25) is 0 Å². The summed E-state index contributed by atoms with van der Waals surface area (Å²) < 4.78 is 6.99. The van der Waals surface area contributed by atoms with E-state index < -0.39 is 5.60 Å². The molecule has 1 aliphatic rings. The Labute approximate surface area is 112 Å². The van der Waals surface area contributed by atoms with Crippen molar-refractivity contribution in [3.63, 3.8) is 0 Å². The standard InChI is InChI=1S/C15H18N2O2/c1-17-10-13(9-16-17)15(18)6-5-11-3-4-14(19-2)7-12(11)8-15/h3-4,7,9-10,18H,5-6,8H2,1-2H3. The summed E-state index contributed by atoms with van der Waals surface area (Å²) in [6, 6.07) is 6.10. The van der Waals surface area contributed by atoms with Crippen LogP contribution in [0.5, 0.6) is 5.75 Å². The molecule has 2 aromatic rings. The van der Waals surface area contributed by atoms with Crippen molar-refractivity contribution < 1.29 is 9.84 Å². The lowest BCUT2D eigenvalue weighted by Crippen LogP contribution is -2.32. The van der Waals surface area contributed by atoms with Gasteiger partial charge in [-0.2, -0.15) is 5.10 Å². The van der Waals surface area contributed by atoms with Gasteiger partial charge in [0.2, 0.25) is 0 Å². The lowest BCUT2D eigenvalue weighted by atomic mass is 9.77. The molecule has 0 radical (unpaired) electrons. The molecule has 1 N–H and O–H groups in total. The molecule has 0 bridgehead atoms. The van der Waals surface area contributed by atoms with Gasteiger partial charge in [0.15, 0.2) is 0 Å². The lowest BCUT2D eigenvalue weighted by molar-refractivity contribution is 0.0221. The first-order valence-electron chi connectivity index (χ1n) is 6.48. The first-order valence-corrected chi connectivity index (χ1v) is 6.48. The van der Waals surface area contributed by atoms with E-state index in [0.29, 0.717) is 6.42 Å². The van der Waals surface area contributed by atoms with Crippen molar-refractivity contribution in [2.75, 3.05) is 7.11 Å². The average Bonchev–Trinajstić information content (AvgIpc) is 2.85. The van der Waals surface area contributed by atoms with Crippen LogP contribution in [-0.2, 0) is 25.5 Å². The maximum absolute atomic E-state index is 10.9. The second-order valence-electron chi connectivity index (χ2n) is 5.25. The first-order chi connectivity index (χ1) is 9.10. The summed E-state index contributed by atoms with van der Waals surface area (Å²) in [7, 11) is 3.53. The zero-order valence-electron chi connectivity index (χ0n) is 11.3. The van der Waals surface area contributed by atoms with Crippen molar-refractivity contribution in [1.82, 2.24) is 9.78 Å². The lowest BCUT2D eigenvalue weighted by Gasteiger charge is -2.33. The van der Waals surface area contributed by atoms with E-state index in [1.54, 1.807) is 18.0 Å². The number of benzene rings is 1. The summed E-state index contributed by atoms with van der Waals surface area (Å²) >= 11 is 0. The number of methoxy groups -OCH3 is 1. The number of aryl methyl sites for hydroxylation is 2. The Bertz CT molecular complexity index is 606. The molecule has 0 amide bonds. The van der Waals surface area contributed by atoms with Gasteiger partial charge in [0.25, 0.3) is 0 Å². The van der Waals surface area contributed by atoms with Gasteiger partial charge in [-0.25, -0.2) is 0 Å². The number of hydrogen-bond donors (Lipinski definition) is 1. The van der Waals surface area contributed by atoms with Crippen LogP contribution in [0.4, 0.5) is 0 Å². The summed E-state index contributed by atoms with van der Waals surface area (Å²) in [4.78, 5) is 0. The molecule has 0 spiro atoms. The minimum atomic E-state index is -0.812. The van der Waals surface area contributed by atoms with Crippen LogP contribution in [0.1, 0.15) is 23.1 Å². The fraction of sp³-hybridized carbons (Fsp3) is 0.400. The SMILES string of the molecule is COc1ccc2c(c1)CC(O)(c1cnn(C)c1)CC2. The van der Waals surface area contributed by atoms with Gasteiger partial charge < -0.3 is 9.84 Å². The number of hydrogen-bond acceptors (Lipinski definition) is 3. The molecule has 0 fully saturated rings. The molecular formula is C15H18N2O2. The number of fused-ring (bicyclic) bond motifs is 1. The molecule has 0 saturated heterocycles. The third kappa shape index (κ3) is 2.12. The van der Waals surface area contributed by atoms with Crippen molar-refractivity contribution in [2.45, 2.75) is 24.9 Å². The minimum absolute atomic E-state index is 0.616. The number of aromatic nitrogens is 2. The van der Waals surface area contributed by atoms with Crippen molar-refractivity contribution in [2.24, 2.45) is 7.05 Å². The van der Waals surface area contributed by atoms with Gasteiger partial charge >= 0.3 is 0 Å². The van der Waals surface area contributed by atoms with Gasteiger partial charge in [0.05, 0.1) is 18.9 Å². The Hall–Kier alpha value is -1.81. The highest BCUT2D eigenvalue weighted by atomic mass is 16.5. The maximum atomic E-state index is 10.9. The number of aliphatic hydroxyl groups is 1. The zero-order chi connectivity index (χ0) is 13.5. The van der Waals surface area contributed by atoms with Gasteiger partial charge in [-0.3, -0.25) is 4.68 Å². The first kappa shape index (κ1) is 12.2. The van der Waals surface area contributed by atoms with Crippen LogP contribution in [0.3, 0.4) is 0 Å². The summed E-state index contributed by atoms with van der Waals surface area (Å²) in [6.07, 6.45) is 5.88. The highest BCUT2D eigenvalue weighted by molar-refractivity contribution is 5.40. The van der Waals surface area contributed by atoms with Crippen molar-refractivity contribution >= 4 is 0 Å². The molecule has 100 valence electrons. The minimum Gasteiger partial charge on any atom is -0.497 e. The second-order valence-corrected chi connectivity index (χ2v) is 5.25. The molecular weight excluding hydrogens is 240 g/mol. The van der Waals surface area contributed by atoms with Gasteiger partial charge in [0, 0.05) is 25.2 Å². The second kappa shape index (κ2) is 4.38. The number of ether oxygens (including phenoxy) is 1. The fourth-order valence-electron chi connectivity index (χ4n) is 2.79. The zero-order valence-corrected chi connectivity index (χ0v) is 11.3. The van der Waals surface area contributed by atoms with Crippen LogP contribution < -0.4 is 4.74 Å². The van der Waals surface area contributed by atoms with E-state index in [4.69, 9.17) is 4.74 Å². The average molecular weight is 258 g/mol. The Kier molecular flexibility index (Phi) is 2.82. The Morgan fingerprint density at radius 1 is 1.37 bits per heavy atom. The Morgan fingerprint density at radius 3 is 2.89 bits per heavy atom. The normalized spacial score (nSPS) is 22.1. The highest BCUT2D eigenvalue weighted by Gasteiger charge is 2.35. The van der Waals surface area contributed by atoms with Crippen molar-refractivity contribution in [3.05, 3.63) is 47.3 Å². The third-order valence-electron chi connectivity index (χ3n) is 3.95. The summed E-state index contributed by atoms with van der Waals surface area (Å²) in [5.41, 5.74) is 2.54. The van der Waals surface area contributed by atoms with E-state index in [1.807, 2.05) is 25.4 Å². The third-order valence-corrected chi connectivity index (χ3v) is 3.95. The van der Waals surface area contributed by atoms with Gasteiger partial charge in [0.1, 0.15) is 5.75 Å². The quantitative estimate of drug-likeness (QED) is 0.893. The van der Waals surface area contributed by atoms with Crippen molar-refractivity contribution in [1.29, 1.82) is 0 Å². The van der Waals surface area contributed by atoms with E-state index in [-0.39, 0.29) is 0 Å². The Morgan fingerprint density at radius 2 is 2.21 bits per heavy atom. The van der Waals surface area contributed by atoms with E-state index in [1.165, 1.54) is 5.56 Å². The topological polar surface area (TPSA) is 47.3 Å². The monoisotopic (exact) mass is 258 g/mol. The number of nitrogens with zero attached hydrogens (tertiary/aromatic N) is 2. The summed E-state index contributed by atoms with van der Waals surface area (Å²) in [5.74, 6) is 0.842. The Balaban J connectivity index is 1.96. The molecule has 1 aromatic carbocycles. The summed E-state index contributed by atoms with van der Waals surface area (Å²) in [6.45, 7) is 0. The number of rotatable bonds is 2. The van der Waals surface area contributed by atoms with E-state index in [2.05, 4.69) is 11.2 Å². The van der Waals surface area contributed by atoms with Crippen LogP contribution in [0.15, 0.2) is 30.6 Å². The van der Waals surface area contributed by atoms with Crippen LogP contribution in [0.25, 0.3) is 0 Å². The fourth-order valence-corrected chi connectivity index (χ4v) is 2.79. The molecule has 4 nitrogen and oxygen atoms in total. The molecule has 3 rings (SSSR count). The van der Waals surface area contributed by atoms with Crippen LogP contribution >= 0.6 is 0 Å². The van der Waals surface area contributed by atoms with Gasteiger partial charge in [-0.15, -0.1) is 0 Å². The van der Waals surface area contributed by atoms with E-state index in [0.717, 1.165) is 29.7 Å². The molecule has 4 heteroatoms. The largest absolute Gasteiger partial charge is 0.497 e. The molecule has 0 aliphatic heterocycles. The van der Waals surface area contributed by atoms with Gasteiger partial charge in [-0.1, -0.05) is 6.07 Å². The molecule has 1 aromatic heterocycles. The molecule has 1 aliphatic carbocycles. The van der Waals surface area contributed by atoms with Crippen LogP contribution in [-0.4, -0.2) is 22.0 Å². The molecule has 1 heterocycles. The molecule has 0 saturated carbocycles. The predicted octanol–water partition coefficient (Wildman–Crippen LogP) is 1.81. The summed E-state index contributed by atoms with van der Waals surface area (Å²) in [5, 5.41) is 15.0. The molecule has 1 unspecified atom stereocenters. The van der Waals surface area contributed by atoms with Crippen molar-refractivity contribution in [3.8, 4) is 5.75 Å². The maximum Gasteiger partial charge on any atom is 0.119 e. The smallest absolute Gasteiger partial charge is 0.119 e. The van der Waals surface area contributed by atoms with E-state index in [9.17, 15) is 5.11 Å². The van der Waals surface area contributed by atoms with E-state index >= 15 is 0 Å². The molecule has 1 atom stereocenters. The van der Waals surface area contributed by atoms with Crippen LogP contribution in [0, 0.1) is 0 Å². The highest BCUT2D eigenvalue weighted by Crippen LogP contribution is 2.37. The molecule has 19 heavy (non-hydrogen) atoms.